The maximum atomic E-state index is 9.25. The van der Waals surface area contributed by atoms with Crippen LogP contribution in [-0.4, -0.2) is 59.8 Å². The van der Waals surface area contributed by atoms with Crippen LogP contribution in [0.4, 0.5) is 0 Å². The van der Waals surface area contributed by atoms with Crippen molar-refractivity contribution in [1.82, 2.24) is 0 Å². The summed E-state index contributed by atoms with van der Waals surface area (Å²) < 4.78 is 0. The summed E-state index contributed by atoms with van der Waals surface area (Å²) in [5, 5.41) is 27.7. The molecule has 25 heavy (non-hydrogen) atoms. The first-order valence-electron chi connectivity index (χ1n) is 10.9. The van der Waals surface area contributed by atoms with E-state index >= 15 is 0 Å². The van der Waals surface area contributed by atoms with E-state index in [-0.39, 0.29) is 19.8 Å². The summed E-state index contributed by atoms with van der Waals surface area (Å²) >= 11 is 0. The van der Waals surface area contributed by atoms with E-state index in [1.54, 1.807) is 0 Å². The number of aliphatic hydroxyl groups is 3. The molecule has 0 spiro atoms. The van der Waals surface area contributed by atoms with Crippen LogP contribution in [0.25, 0.3) is 0 Å². The Morgan fingerprint density at radius 1 is 0.440 bits per heavy atom. The summed E-state index contributed by atoms with van der Waals surface area (Å²) in [7, 11) is -1.10. The van der Waals surface area contributed by atoms with Crippen LogP contribution in [0.2, 0.25) is 0 Å². The average molecular weight is 378 g/mol. The van der Waals surface area contributed by atoms with Gasteiger partial charge in [-0.25, -0.2) is 0 Å². The van der Waals surface area contributed by atoms with Crippen LogP contribution in [0.5, 0.6) is 0 Å². The largest absolute Gasteiger partial charge is 0.396 e. The van der Waals surface area contributed by atoms with Gasteiger partial charge in [-0.05, 0) is 12.8 Å². The third-order valence-corrected chi connectivity index (χ3v) is 10.4. The van der Waals surface area contributed by atoms with Gasteiger partial charge in [0, 0.05) is 46.3 Å². The molecule has 0 atom stereocenters. The van der Waals surface area contributed by atoms with Crippen LogP contribution in [0.3, 0.4) is 0 Å². The van der Waals surface area contributed by atoms with Crippen LogP contribution < -0.4 is 0 Å². The van der Waals surface area contributed by atoms with E-state index in [9.17, 15) is 15.3 Å². The van der Waals surface area contributed by atoms with E-state index in [0.29, 0.717) is 0 Å². The Morgan fingerprint density at radius 2 is 0.760 bits per heavy atom. The summed E-state index contributed by atoms with van der Waals surface area (Å²) in [6, 6.07) is 0. The summed E-state index contributed by atoms with van der Waals surface area (Å²) in [6.45, 7) is 3.10. The molecule has 152 valence electrons. The maximum Gasteiger partial charge on any atom is 0.0616 e. The lowest BCUT2D eigenvalue weighted by Gasteiger charge is -2.27. The lowest BCUT2D eigenvalue weighted by molar-refractivity contribution is 0.292. The lowest BCUT2D eigenvalue weighted by atomic mass is 10.1. The van der Waals surface area contributed by atoms with Gasteiger partial charge in [-0.3, -0.25) is 0 Å². The maximum absolute atomic E-state index is 9.25. The van der Waals surface area contributed by atoms with Gasteiger partial charge >= 0.3 is 0 Å². The number of aliphatic hydroxyl groups excluding tert-OH is 3. The van der Waals surface area contributed by atoms with E-state index in [2.05, 4.69) is 6.92 Å². The van der Waals surface area contributed by atoms with E-state index in [0.717, 1.165) is 37.7 Å². The van der Waals surface area contributed by atoms with Crippen molar-refractivity contribution in [2.24, 2.45) is 0 Å². The Balaban J connectivity index is 4.01. The summed E-state index contributed by atoms with van der Waals surface area (Å²) in [4.78, 5) is 0. The summed E-state index contributed by atoms with van der Waals surface area (Å²) in [5.74, 6) is 0. The molecule has 3 N–H and O–H groups in total. The third kappa shape index (κ3) is 15.1. The molecule has 0 saturated heterocycles. The van der Waals surface area contributed by atoms with Crippen LogP contribution in [0.1, 0.15) is 90.4 Å². The minimum Gasteiger partial charge on any atom is -0.396 e. The lowest BCUT2D eigenvalue weighted by Crippen LogP contribution is -2.15. The molecule has 0 amide bonds. The van der Waals surface area contributed by atoms with Crippen LogP contribution in [0, 0.1) is 0 Å². The van der Waals surface area contributed by atoms with Crippen LogP contribution in [0.15, 0.2) is 0 Å². The van der Waals surface area contributed by atoms with E-state index in [1.807, 2.05) is 0 Å². The molecular formula is C21H46O3P+. The molecule has 0 bridgehead atoms. The fraction of sp³-hybridized carbons (Fsp3) is 1.00. The Kier molecular flexibility index (Phi) is 19.3. The van der Waals surface area contributed by atoms with Crippen molar-refractivity contribution in [3.8, 4) is 0 Å². The van der Waals surface area contributed by atoms with Gasteiger partial charge in [0.2, 0.25) is 0 Å². The van der Waals surface area contributed by atoms with Gasteiger partial charge in [0.25, 0.3) is 0 Å². The number of rotatable bonds is 20. The molecule has 0 unspecified atom stereocenters. The Hall–Kier alpha value is 0.310. The van der Waals surface area contributed by atoms with Gasteiger partial charge in [0.15, 0.2) is 0 Å². The highest BCUT2D eigenvalue weighted by Gasteiger charge is 2.34. The van der Waals surface area contributed by atoms with Crippen molar-refractivity contribution < 1.29 is 15.3 Å². The minimum atomic E-state index is -1.10. The third-order valence-electron chi connectivity index (χ3n) is 5.36. The zero-order valence-corrected chi connectivity index (χ0v) is 17.8. The molecule has 0 aliphatic heterocycles. The zero-order valence-electron chi connectivity index (χ0n) is 16.9. The fourth-order valence-electron chi connectivity index (χ4n) is 3.82. The highest BCUT2D eigenvalue weighted by molar-refractivity contribution is 7.75. The smallest absolute Gasteiger partial charge is 0.0616 e. The van der Waals surface area contributed by atoms with Gasteiger partial charge in [-0.15, -0.1) is 0 Å². The first kappa shape index (κ1) is 25.3. The molecule has 0 radical (unpaired) electrons. The molecule has 0 aromatic carbocycles. The molecule has 0 heterocycles. The first-order valence-corrected chi connectivity index (χ1v) is 13.5. The van der Waals surface area contributed by atoms with Crippen molar-refractivity contribution in [1.29, 1.82) is 0 Å². The number of hydrogen-bond acceptors (Lipinski definition) is 3. The van der Waals surface area contributed by atoms with Gasteiger partial charge in [-0.1, -0.05) is 58.3 Å². The van der Waals surface area contributed by atoms with E-state index in [4.69, 9.17) is 0 Å². The molecule has 0 aromatic rings. The Labute approximate surface area is 158 Å². The van der Waals surface area contributed by atoms with Gasteiger partial charge < -0.3 is 15.3 Å². The molecule has 3 nitrogen and oxygen atoms in total. The standard InChI is InChI=1S/C21H46O3P/c1-2-3-4-5-6-7-8-9-10-11-18-25(19-12-15-22,20-13-16-23)21-14-17-24/h22-24H,2-21H2,1H3/q+1. The predicted molar refractivity (Wildman–Crippen MR) is 113 cm³/mol. The van der Waals surface area contributed by atoms with Gasteiger partial charge in [0.1, 0.15) is 0 Å². The quantitative estimate of drug-likeness (QED) is 0.205. The van der Waals surface area contributed by atoms with Crippen molar-refractivity contribution in [3.63, 3.8) is 0 Å². The monoisotopic (exact) mass is 377 g/mol. The summed E-state index contributed by atoms with van der Waals surface area (Å²) in [5.41, 5.74) is 0. The minimum absolute atomic E-state index is 0.276. The average Bonchev–Trinajstić information content (AvgIpc) is 2.64. The normalized spacial score (nSPS) is 12.0. The van der Waals surface area contributed by atoms with Gasteiger partial charge in [0.05, 0.1) is 24.6 Å². The van der Waals surface area contributed by atoms with Crippen LogP contribution in [-0.2, 0) is 0 Å². The topological polar surface area (TPSA) is 60.7 Å². The predicted octanol–water partition coefficient (Wildman–Crippen LogP) is 5.07. The molecule has 0 aliphatic rings. The van der Waals surface area contributed by atoms with Crippen molar-refractivity contribution in [3.05, 3.63) is 0 Å². The first-order chi connectivity index (χ1) is 12.2. The fourth-order valence-corrected chi connectivity index (χ4v) is 8.50. The number of unbranched alkanes of at least 4 members (excludes halogenated alkanes) is 9. The second-order valence-electron chi connectivity index (χ2n) is 7.65. The molecule has 0 aliphatic carbocycles. The molecule has 0 fully saturated rings. The van der Waals surface area contributed by atoms with Crippen molar-refractivity contribution in [2.75, 3.05) is 44.5 Å². The SMILES string of the molecule is CCCCCCCCCCCC[P+](CCCO)(CCCO)CCCO. The second kappa shape index (κ2) is 19.1. The second-order valence-corrected chi connectivity index (χ2v) is 12.1. The number of hydrogen-bond donors (Lipinski definition) is 3. The summed E-state index contributed by atoms with van der Waals surface area (Å²) in [6.07, 6.45) is 21.1. The molecule has 4 heteroatoms. The molecule has 0 aromatic heterocycles. The molecule has 0 saturated carbocycles. The highest BCUT2D eigenvalue weighted by atomic mass is 31.2. The van der Waals surface area contributed by atoms with E-state index in [1.165, 1.54) is 70.4 Å². The molecular weight excluding hydrogens is 331 g/mol. The van der Waals surface area contributed by atoms with Crippen LogP contribution >= 0.6 is 7.26 Å². The van der Waals surface area contributed by atoms with E-state index < -0.39 is 7.26 Å². The van der Waals surface area contributed by atoms with Crippen molar-refractivity contribution >= 4 is 7.26 Å². The van der Waals surface area contributed by atoms with Gasteiger partial charge in [-0.2, -0.15) is 0 Å². The molecule has 0 rings (SSSR count). The zero-order chi connectivity index (χ0) is 18.6. The Bertz CT molecular complexity index is 240. The Morgan fingerprint density at radius 3 is 1.12 bits per heavy atom. The highest BCUT2D eigenvalue weighted by Crippen LogP contribution is 2.60. The van der Waals surface area contributed by atoms with Crippen molar-refractivity contribution in [2.45, 2.75) is 90.4 Å².